The van der Waals surface area contributed by atoms with Gasteiger partial charge in [0.1, 0.15) is 0 Å². The summed E-state index contributed by atoms with van der Waals surface area (Å²) in [5.74, 6) is 0.216. The number of amides is 1. The Bertz CT molecular complexity index is 626. The summed E-state index contributed by atoms with van der Waals surface area (Å²) in [6.45, 7) is 3.60. The maximum Gasteiger partial charge on any atom is 0.227 e. The Kier molecular flexibility index (Phi) is 3.44. The molecule has 5 nitrogen and oxygen atoms in total. The molecule has 0 spiro atoms. The summed E-state index contributed by atoms with van der Waals surface area (Å²) in [4.78, 5) is 20.9. The molecular formula is C15H20N4O. The molecule has 106 valence electrons. The van der Waals surface area contributed by atoms with Crippen molar-refractivity contribution in [2.24, 2.45) is 7.05 Å². The van der Waals surface area contributed by atoms with Gasteiger partial charge in [0.15, 0.2) is 0 Å². The van der Waals surface area contributed by atoms with Crippen LogP contribution in [0.3, 0.4) is 0 Å². The predicted molar refractivity (Wildman–Crippen MR) is 78.5 cm³/mol. The second kappa shape index (κ2) is 5.25. The molecule has 3 rings (SSSR count). The number of rotatable bonds is 2. The second-order valence-electron chi connectivity index (χ2n) is 5.54. The summed E-state index contributed by atoms with van der Waals surface area (Å²) in [6, 6.07) is 6.08. The Labute approximate surface area is 118 Å². The Balaban J connectivity index is 1.70. The number of piperazine rings is 1. The van der Waals surface area contributed by atoms with Crippen molar-refractivity contribution in [2.75, 3.05) is 33.2 Å². The fourth-order valence-electron chi connectivity index (χ4n) is 2.63. The van der Waals surface area contributed by atoms with Crippen molar-refractivity contribution in [1.82, 2.24) is 19.4 Å². The van der Waals surface area contributed by atoms with Crippen LogP contribution in [0.1, 0.15) is 5.56 Å². The fraction of sp³-hybridized carbons (Fsp3) is 0.467. The number of hydrogen-bond acceptors (Lipinski definition) is 3. The van der Waals surface area contributed by atoms with Crippen LogP contribution in [0, 0.1) is 0 Å². The van der Waals surface area contributed by atoms with Crippen LogP contribution >= 0.6 is 0 Å². The fourth-order valence-corrected chi connectivity index (χ4v) is 2.63. The molecular weight excluding hydrogens is 252 g/mol. The van der Waals surface area contributed by atoms with Gasteiger partial charge in [-0.05, 0) is 24.7 Å². The summed E-state index contributed by atoms with van der Waals surface area (Å²) in [7, 11) is 4.07. The number of fused-ring (bicyclic) bond motifs is 1. The first kappa shape index (κ1) is 13.1. The van der Waals surface area contributed by atoms with E-state index in [4.69, 9.17) is 0 Å². The number of aryl methyl sites for hydroxylation is 1. The van der Waals surface area contributed by atoms with Crippen LogP contribution < -0.4 is 0 Å². The molecule has 1 amide bonds. The highest BCUT2D eigenvalue weighted by molar-refractivity contribution is 5.82. The van der Waals surface area contributed by atoms with Gasteiger partial charge in [-0.15, -0.1) is 0 Å². The van der Waals surface area contributed by atoms with Crippen molar-refractivity contribution in [1.29, 1.82) is 0 Å². The minimum atomic E-state index is 0.216. The maximum absolute atomic E-state index is 12.3. The van der Waals surface area contributed by atoms with E-state index in [0.29, 0.717) is 6.42 Å². The number of benzene rings is 1. The van der Waals surface area contributed by atoms with Crippen molar-refractivity contribution in [3.8, 4) is 0 Å². The smallest absolute Gasteiger partial charge is 0.227 e. The van der Waals surface area contributed by atoms with E-state index in [2.05, 4.69) is 16.9 Å². The summed E-state index contributed by atoms with van der Waals surface area (Å²) >= 11 is 0. The van der Waals surface area contributed by atoms with Gasteiger partial charge >= 0.3 is 0 Å². The SMILES string of the molecule is CN1CCN(C(=O)Cc2ccc3c(c2)ncn3C)CC1. The lowest BCUT2D eigenvalue weighted by molar-refractivity contribution is -0.132. The highest BCUT2D eigenvalue weighted by Crippen LogP contribution is 2.15. The molecule has 1 fully saturated rings. The van der Waals surface area contributed by atoms with E-state index in [9.17, 15) is 4.79 Å². The molecule has 0 unspecified atom stereocenters. The molecule has 0 bridgehead atoms. The van der Waals surface area contributed by atoms with Gasteiger partial charge in [0.2, 0.25) is 5.91 Å². The van der Waals surface area contributed by atoms with E-state index < -0.39 is 0 Å². The average Bonchev–Trinajstić information content (AvgIpc) is 2.81. The molecule has 1 saturated heterocycles. The van der Waals surface area contributed by atoms with E-state index in [-0.39, 0.29) is 5.91 Å². The number of nitrogens with zero attached hydrogens (tertiary/aromatic N) is 4. The van der Waals surface area contributed by atoms with Gasteiger partial charge in [0.05, 0.1) is 23.8 Å². The van der Waals surface area contributed by atoms with Crippen molar-refractivity contribution < 1.29 is 4.79 Å². The molecule has 5 heteroatoms. The van der Waals surface area contributed by atoms with Crippen LogP contribution in [-0.4, -0.2) is 58.5 Å². The lowest BCUT2D eigenvalue weighted by Crippen LogP contribution is -2.47. The third kappa shape index (κ3) is 2.54. The van der Waals surface area contributed by atoms with Crippen LogP contribution in [0.5, 0.6) is 0 Å². The molecule has 0 radical (unpaired) electrons. The van der Waals surface area contributed by atoms with Gasteiger partial charge < -0.3 is 14.4 Å². The Morgan fingerprint density at radius 3 is 2.70 bits per heavy atom. The lowest BCUT2D eigenvalue weighted by atomic mass is 10.1. The van der Waals surface area contributed by atoms with Gasteiger partial charge in [-0.2, -0.15) is 0 Å². The third-order valence-electron chi connectivity index (χ3n) is 4.00. The molecule has 2 heterocycles. The first-order chi connectivity index (χ1) is 9.63. The first-order valence-corrected chi connectivity index (χ1v) is 7.00. The predicted octanol–water partition coefficient (Wildman–Crippen LogP) is 0.890. The van der Waals surface area contributed by atoms with Gasteiger partial charge in [-0.3, -0.25) is 4.79 Å². The number of carbonyl (C=O) groups excluding carboxylic acids is 1. The highest BCUT2D eigenvalue weighted by Gasteiger charge is 2.19. The van der Waals surface area contributed by atoms with Gasteiger partial charge in [0, 0.05) is 33.2 Å². The monoisotopic (exact) mass is 272 g/mol. The van der Waals surface area contributed by atoms with Gasteiger partial charge in [-0.25, -0.2) is 4.98 Å². The molecule has 20 heavy (non-hydrogen) atoms. The van der Waals surface area contributed by atoms with Crippen molar-refractivity contribution >= 4 is 16.9 Å². The summed E-state index contributed by atoms with van der Waals surface area (Å²) in [5, 5.41) is 0. The van der Waals surface area contributed by atoms with Crippen LogP contribution in [0.2, 0.25) is 0 Å². The standard InChI is InChI=1S/C15H20N4O/c1-17-5-7-19(8-6-17)15(20)10-12-3-4-14-13(9-12)16-11-18(14)2/h3-4,9,11H,5-8,10H2,1-2H3. The van der Waals surface area contributed by atoms with Crippen LogP contribution in [0.15, 0.2) is 24.5 Å². The van der Waals surface area contributed by atoms with Crippen LogP contribution in [0.4, 0.5) is 0 Å². The second-order valence-corrected chi connectivity index (χ2v) is 5.54. The molecule has 1 aromatic heterocycles. The van der Waals surface area contributed by atoms with Crippen molar-refractivity contribution in [2.45, 2.75) is 6.42 Å². The molecule has 1 aliphatic heterocycles. The third-order valence-corrected chi connectivity index (χ3v) is 4.00. The molecule has 0 saturated carbocycles. The molecule has 0 aliphatic carbocycles. The van der Waals surface area contributed by atoms with Crippen molar-refractivity contribution in [3.63, 3.8) is 0 Å². The summed E-state index contributed by atoms with van der Waals surface area (Å²) in [6.07, 6.45) is 2.27. The Morgan fingerprint density at radius 1 is 1.20 bits per heavy atom. The Hall–Kier alpha value is -1.88. The number of aromatic nitrogens is 2. The zero-order valence-electron chi connectivity index (χ0n) is 12.0. The molecule has 2 aromatic rings. The topological polar surface area (TPSA) is 41.4 Å². The van der Waals surface area contributed by atoms with Crippen LogP contribution in [0.25, 0.3) is 11.0 Å². The highest BCUT2D eigenvalue weighted by atomic mass is 16.2. The number of likely N-dealkylation sites (N-methyl/N-ethyl adjacent to an activating group) is 1. The van der Waals surface area contributed by atoms with Crippen LogP contribution in [-0.2, 0) is 18.3 Å². The van der Waals surface area contributed by atoms with E-state index >= 15 is 0 Å². The largest absolute Gasteiger partial charge is 0.340 e. The first-order valence-electron chi connectivity index (χ1n) is 7.00. The molecule has 0 N–H and O–H groups in total. The zero-order valence-corrected chi connectivity index (χ0v) is 12.0. The number of hydrogen-bond donors (Lipinski definition) is 0. The van der Waals surface area contributed by atoms with Crippen molar-refractivity contribution in [3.05, 3.63) is 30.1 Å². The normalized spacial score (nSPS) is 16.8. The van der Waals surface area contributed by atoms with Gasteiger partial charge in [-0.1, -0.05) is 6.07 Å². The molecule has 1 aliphatic rings. The summed E-state index contributed by atoms with van der Waals surface area (Å²) < 4.78 is 1.99. The number of imidazole rings is 1. The maximum atomic E-state index is 12.3. The van der Waals surface area contributed by atoms with Gasteiger partial charge in [0.25, 0.3) is 0 Å². The molecule has 1 aromatic carbocycles. The van der Waals surface area contributed by atoms with E-state index in [1.165, 1.54) is 0 Å². The Morgan fingerprint density at radius 2 is 1.95 bits per heavy atom. The van der Waals surface area contributed by atoms with E-state index in [1.54, 1.807) is 6.33 Å². The minimum Gasteiger partial charge on any atom is -0.340 e. The molecule has 0 atom stereocenters. The van der Waals surface area contributed by atoms with E-state index in [1.807, 2.05) is 34.7 Å². The quantitative estimate of drug-likeness (QED) is 0.815. The van der Waals surface area contributed by atoms with E-state index in [0.717, 1.165) is 42.8 Å². The average molecular weight is 272 g/mol. The zero-order chi connectivity index (χ0) is 14.1. The summed E-state index contributed by atoms with van der Waals surface area (Å²) in [5.41, 5.74) is 3.09. The lowest BCUT2D eigenvalue weighted by Gasteiger charge is -2.32. The minimum absolute atomic E-state index is 0.216. The number of carbonyl (C=O) groups is 1.